The number of hydrogen-bond donors (Lipinski definition) is 2. The van der Waals surface area contributed by atoms with Gasteiger partial charge in [0, 0.05) is 6.54 Å². The van der Waals surface area contributed by atoms with Crippen LogP contribution in [0.15, 0.2) is 0 Å². The van der Waals surface area contributed by atoms with E-state index in [1.54, 1.807) is 0 Å². The Morgan fingerprint density at radius 3 is 2.33 bits per heavy atom. The molecule has 0 unspecified atom stereocenters. The smallest absolute Gasteiger partial charge is 0.232 e. The summed E-state index contributed by atoms with van der Waals surface area (Å²) in [4.78, 5) is 11.2. The Hall–Kier alpha value is -0.180. The summed E-state index contributed by atoms with van der Waals surface area (Å²) in [5.41, 5.74) is 0.150. The second-order valence-corrected chi connectivity index (χ2v) is 4.83. The summed E-state index contributed by atoms with van der Waals surface area (Å²) in [5.74, 6) is 0.0377. The van der Waals surface area contributed by atoms with Crippen LogP contribution in [0.5, 0.6) is 0 Å². The third kappa shape index (κ3) is 5.47. The lowest BCUT2D eigenvalue weighted by molar-refractivity contribution is -0.120. The predicted molar refractivity (Wildman–Crippen MR) is 55.5 cm³/mol. The van der Waals surface area contributed by atoms with E-state index in [9.17, 15) is 4.79 Å². The number of thiol groups is 1. The molecular weight excluding hydrogens is 170 g/mol. The molecule has 0 aromatic carbocycles. The van der Waals surface area contributed by atoms with Crippen LogP contribution in [0, 0.1) is 5.41 Å². The molecule has 0 bridgehead atoms. The Morgan fingerprint density at radius 2 is 2.00 bits per heavy atom. The Bertz CT molecular complexity index is 151. The molecule has 0 radical (unpaired) electrons. The summed E-state index contributed by atoms with van der Waals surface area (Å²) in [6.45, 7) is 8.93. The van der Waals surface area contributed by atoms with Gasteiger partial charge in [-0.05, 0) is 11.8 Å². The van der Waals surface area contributed by atoms with Crippen LogP contribution >= 0.6 is 12.6 Å². The first-order valence-electron chi connectivity index (χ1n) is 4.32. The van der Waals surface area contributed by atoms with E-state index in [1.807, 2.05) is 6.92 Å². The van der Waals surface area contributed by atoms with Crippen LogP contribution < -0.4 is 5.32 Å². The van der Waals surface area contributed by atoms with E-state index in [4.69, 9.17) is 0 Å². The van der Waals surface area contributed by atoms with Gasteiger partial charge in [0.2, 0.25) is 5.91 Å². The van der Waals surface area contributed by atoms with Crippen LogP contribution in [-0.2, 0) is 4.79 Å². The van der Waals surface area contributed by atoms with Crippen LogP contribution in [0.4, 0.5) is 0 Å². The van der Waals surface area contributed by atoms with Crippen molar-refractivity contribution >= 4 is 18.5 Å². The van der Waals surface area contributed by atoms with Gasteiger partial charge < -0.3 is 5.32 Å². The van der Waals surface area contributed by atoms with Crippen molar-refractivity contribution in [2.45, 2.75) is 39.4 Å². The van der Waals surface area contributed by atoms with E-state index in [1.165, 1.54) is 0 Å². The molecule has 0 aromatic rings. The van der Waals surface area contributed by atoms with Crippen LogP contribution in [0.3, 0.4) is 0 Å². The first-order chi connectivity index (χ1) is 5.37. The normalized spacial score (nSPS) is 14.1. The molecule has 12 heavy (non-hydrogen) atoms. The molecule has 0 aliphatic carbocycles. The number of carbonyl (C=O) groups excluding carboxylic acids is 1. The van der Waals surface area contributed by atoms with E-state index in [0.29, 0.717) is 6.54 Å². The Balaban J connectivity index is 3.72. The van der Waals surface area contributed by atoms with Gasteiger partial charge in [-0.1, -0.05) is 27.7 Å². The largest absolute Gasteiger partial charge is 0.355 e. The summed E-state index contributed by atoms with van der Waals surface area (Å²) in [6.07, 6.45) is 0.777. The van der Waals surface area contributed by atoms with Gasteiger partial charge in [-0.3, -0.25) is 4.79 Å². The summed E-state index contributed by atoms with van der Waals surface area (Å²) in [7, 11) is 0. The minimum atomic E-state index is -0.160. The minimum Gasteiger partial charge on any atom is -0.355 e. The fraction of sp³-hybridized carbons (Fsp3) is 0.889. The molecule has 0 aliphatic rings. The third-order valence-electron chi connectivity index (χ3n) is 1.48. The van der Waals surface area contributed by atoms with E-state index < -0.39 is 0 Å². The van der Waals surface area contributed by atoms with E-state index >= 15 is 0 Å². The zero-order valence-electron chi connectivity index (χ0n) is 8.35. The fourth-order valence-corrected chi connectivity index (χ4v) is 0.747. The highest BCUT2D eigenvalue weighted by Gasteiger charge is 2.15. The van der Waals surface area contributed by atoms with Crippen LogP contribution in [0.25, 0.3) is 0 Å². The maximum absolute atomic E-state index is 11.2. The second-order valence-electron chi connectivity index (χ2n) is 4.20. The summed E-state index contributed by atoms with van der Waals surface area (Å²) in [5, 5.41) is 2.70. The predicted octanol–water partition coefficient (Wildman–Crippen LogP) is 1.86. The summed E-state index contributed by atoms with van der Waals surface area (Å²) >= 11 is 4.14. The van der Waals surface area contributed by atoms with Crippen molar-refractivity contribution in [1.82, 2.24) is 5.32 Å². The van der Waals surface area contributed by atoms with Gasteiger partial charge in [-0.15, -0.1) is 0 Å². The third-order valence-corrected chi connectivity index (χ3v) is 2.08. The van der Waals surface area contributed by atoms with E-state index in [0.717, 1.165) is 6.42 Å². The van der Waals surface area contributed by atoms with Gasteiger partial charge in [-0.2, -0.15) is 12.6 Å². The first kappa shape index (κ1) is 11.8. The van der Waals surface area contributed by atoms with Gasteiger partial charge >= 0.3 is 0 Å². The van der Waals surface area contributed by atoms with Gasteiger partial charge in [0.05, 0.1) is 5.25 Å². The maximum Gasteiger partial charge on any atom is 0.232 e. The number of nitrogens with one attached hydrogen (secondary N) is 1. The van der Waals surface area contributed by atoms with Crippen LogP contribution in [-0.4, -0.2) is 17.7 Å². The lowest BCUT2D eigenvalue weighted by Crippen LogP contribution is -2.36. The summed E-state index contributed by atoms with van der Waals surface area (Å²) < 4.78 is 0. The molecule has 0 aromatic heterocycles. The number of hydrogen-bond acceptors (Lipinski definition) is 2. The molecule has 1 N–H and O–H groups in total. The average Bonchev–Trinajstić information content (AvgIpc) is 1.97. The monoisotopic (exact) mass is 189 g/mol. The number of rotatable bonds is 3. The molecule has 3 heteroatoms. The number of carbonyl (C=O) groups is 1. The zero-order chi connectivity index (χ0) is 9.78. The zero-order valence-corrected chi connectivity index (χ0v) is 9.24. The van der Waals surface area contributed by atoms with Crippen molar-refractivity contribution in [3.8, 4) is 0 Å². The van der Waals surface area contributed by atoms with Crippen LogP contribution in [0.1, 0.15) is 34.1 Å². The highest BCUT2D eigenvalue weighted by molar-refractivity contribution is 7.81. The standard InChI is InChI=1S/C9H19NOS/c1-5-7(12)8(11)10-6-9(2,3)4/h7,12H,5-6H2,1-4H3,(H,10,11)/t7-/m0/s1. The van der Waals surface area contributed by atoms with Gasteiger partial charge in [0.15, 0.2) is 0 Å². The van der Waals surface area contributed by atoms with Gasteiger partial charge in [-0.25, -0.2) is 0 Å². The van der Waals surface area contributed by atoms with E-state index in [2.05, 4.69) is 38.7 Å². The quantitative estimate of drug-likeness (QED) is 0.652. The molecule has 0 saturated heterocycles. The molecular formula is C9H19NOS. The number of amides is 1. The lowest BCUT2D eigenvalue weighted by atomic mass is 9.97. The molecule has 1 atom stereocenters. The molecule has 0 aliphatic heterocycles. The molecule has 72 valence electrons. The van der Waals surface area contributed by atoms with Crippen molar-refractivity contribution in [2.24, 2.45) is 5.41 Å². The maximum atomic E-state index is 11.2. The van der Waals surface area contributed by atoms with Gasteiger partial charge in [0.25, 0.3) is 0 Å². The first-order valence-corrected chi connectivity index (χ1v) is 4.84. The SMILES string of the molecule is CC[C@H](S)C(=O)NCC(C)(C)C. The van der Waals surface area contributed by atoms with Crippen molar-refractivity contribution in [3.05, 3.63) is 0 Å². The lowest BCUT2D eigenvalue weighted by Gasteiger charge is -2.19. The van der Waals surface area contributed by atoms with Crippen molar-refractivity contribution < 1.29 is 4.79 Å². The molecule has 0 spiro atoms. The minimum absolute atomic E-state index is 0.0377. The van der Waals surface area contributed by atoms with Crippen molar-refractivity contribution in [1.29, 1.82) is 0 Å². The highest BCUT2D eigenvalue weighted by Crippen LogP contribution is 2.10. The van der Waals surface area contributed by atoms with Gasteiger partial charge in [0.1, 0.15) is 0 Å². The van der Waals surface area contributed by atoms with E-state index in [-0.39, 0.29) is 16.6 Å². The average molecular weight is 189 g/mol. The molecule has 0 fully saturated rings. The van der Waals surface area contributed by atoms with Crippen LogP contribution in [0.2, 0.25) is 0 Å². The highest BCUT2D eigenvalue weighted by atomic mass is 32.1. The molecule has 2 nitrogen and oxygen atoms in total. The van der Waals surface area contributed by atoms with Crippen molar-refractivity contribution in [3.63, 3.8) is 0 Å². The molecule has 0 rings (SSSR count). The second kappa shape index (κ2) is 4.75. The molecule has 0 heterocycles. The Kier molecular flexibility index (Phi) is 4.68. The Morgan fingerprint density at radius 1 is 1.50 bits per heavy atom. The van der Waals surface area contributed by atoms with Crippen molar-refractivity contribution in [2.75, 3.05) is 6.54 Å². The molecule has 0 saturated carbocycles. The summed E-state index contributed by atoms with van der Waals surface area (Å²) in [6, 6.07) is 0. The topological polar surface area (TPSA) is 29.1 Å². The fourth-order valence-electron chi connectivity index (χ4n) is 0.655. The molecule has 1 amide bonds. The Labute approximate surface area is 80.5 Å².